The molecular weight excluding hydrogens is 222 g/mol. The van der Waals surface area contributed by atoms with E-state index in [0.717, 1.165) is 19.0 Å². The fourth-order valence-electron chi connectivity index (χ4n) is 3.22. The van der Waals surface area contributed by atoms with Crippen LogP contribution in [0.4, 0.5) is 0 Å². The van der Waals surface area contributed by atoms with Gasteiger partial charge in [0.1, 0.15) is 0 Å². The Balaban J connectivity index is 2.54. The zero-order chi connectivity index (χ0) is 13.4. The van der Waals surface area contributed by atoms with Gasteiger partial charge in [-0.15, -0.1) is 0 Å². The van der Waals surface area contributed by atoms with Crippen LogP contribution in [0.3, 0.4) is 0 Å². The third-order valence-corrected chi connectivity index (χ3v) is 4.25. The third kappa shape index (κ3) is 5.25. The molecule has 0 aromatic carbocycles. The Morgan fingerprint density at radius 2 is 1.72 bits per heavy atom. The fraction of sp³-hybridized carbons (Fsp3) is 1.00. The second-order valence-electron chi connectivity index (χ2n) is 6.04. The molecule has 18 heavy (non-hydrogen) atoms. The van der Waals surface area contributed by atoms with Crippen LogP contribution in [0.2, 0.25) is 0 Å². The minimum atomic E-state index is 0.616. The van der Waals surface area contributed by atoms with E-state index in [0.29, 0.717) is 6.04 Å². The first-order valence-corrected chi connectivity index (χ1v) is 7.77. The van der Waals surface area contributed by atoms with Gasteiger partial charge in [0.2, 0.25) is 0 Å². The Morgan fingerprint density at radius 3 is 2.22 bits per heavy atom. The van der Waals surface area contributed by atoms with Gasteiger partial charge in [0.15, 0.2) is 0 Å². The average molecular weight is 255 g/mol. The predicted molar refractivity (Wildman–Crippen MR) is 79.8 cm³/mol. The summed E-state index contributed by atoms with van der Waals surface area (Å²) in [6, 6.07) is 0.616. The molecular formula is C15H33N3. The highest BCUT2D eigenvalue weighted by atomic mass is 15.2. The first-order chi connectivity index (χ1) is 8.69. The van der Waals surface area contributed by atoms with Gasteiger partial charge in [-0.2, -0.15) is 0 Å². The zero-order valence-corrected chi connectivity index (χ0v) is 12.7. The molecule has 0 aliphatic heterocycles. The third-order valence-electron chi connectivity index (χ3n) is 4.25. The highest BCUT2D eigenvalue weighted by molar-refractivity contribution is 4.83. The maximum Gasteiger partial charge on any atom is 0.0247 e. The van der Waals surface area contributed by atoms with E-state index in [9.17, 15) is 0 Å². The molecule has 1 atom stereocenters. The minimum Gasteiger partial charge on any atom is -0.329 e. The van der Waals surface area contributed by atoms with E-state index in [1.807, 2.05) is 0 Å². The Kier molecular flexibility index (Phi) is 7.87. The highest BCUT2D eigenvalue weighted by Gasteiger charge is 2.27. The van der Waals surface area contributed by atoms with Crippen molar-refractivity contribution < 1.29 is 0 Å². The van der Waals surface area contributed by atoms with Gasteiger partial charge in [-0.3, -0.25) is 4.90 Å². The molecule has 0 aromatic heterocycles. The van der Waals surface area contributed by atoms with Gasteiger partial charge in [-0.05, 0) is 45.8 Å². The van der Waals surface area contributed by atoms with Crippen molar-refractivity contribution in [2.45, 2.75) is 51.5 Å². The standard InChI is InChI=1S/C15H33N3/c1-4-10-18(12-11-17(2)3)15(13-16)14-8-6-5-7-9-14/h14-15H,4-13,16H2,1-3H3. The number of hydrogen-bond donors (Lipinski definition) is 1. The van der Waals surface area contributed by atoms with Crippen molar-refractivity contribution in [3.63, 3.8) is 0 Å². The molecule has 108 valence electrons. The monoisotopic (exact) mass is 255 g/mol. The van der Waals surface area contributed by atoms with Crippen LogP contribution in [0, 0.1) is 5.92 Å². The van der Waals surface area contributed by atoms with Crippen molar-refractivity contribution in [2.24, 2.45) is 11.7 Å². The van der Waals surface area contributed by atoms with Gasteiger partial charge >= 0.3 is 0 Å². The molecule has 0 aromatic rings. The first kappa shape index (κ1) is 15.9. The Morgan fingerprint density at radius 1 is 1.06 bits per heavy atom. The predicted octanol–water partition coefficient (Wildman–Crippen LogP) is 2.17. The lowest BCUT2D eigenvalue weighted by molar-refractivity contribution is 0.113. The lowest BCUT2D eigenvalue weighted by Gasteiger charge is -2.38. The second-order valence-corrected chi connectivity index (χ2v) is 6.04. The summed E-state index contributed by atoms with van der Waals surface area (Å²) in [5, 5.41) is 0. The molecule has 1 rings (SSSR count). The van der Waals surface area contributed by atoms with Crippen molar-refractivity contribution in [3.8, 4) is 0 Å². The minimum absolute atomic E-state index is 0.616. The van der Waals surface area contributed by atoms with E-state index in [4.69, 9.17) is 5.73 Å². The van der Waals surface area contributed by atoms with Gasteiger partial charge in [0, 0.05) is 25.7 Å². The largest absolute Gasteiger partial charge is 0.329 e. The van der Waals surface area contributed by atoms with E-state index >= 15 is 0 Å². The average Bonchev–Trinajstić information content (AvgIpc) is 2.38. The van der Waals surface area contributed by atoms with Crippen molar-refractivity contribution in [1.29, 1.82) is 0 Å². The fourth-order valence-corrected chi connectivity index (χ4v) is 3.22. The molecule has 0 bridgehead atoms. The summed E-state index contributed by atoms with van der Waals surface area (Å²) in [6.45, 7) is 6.61. The first-order valence-electron chi connectivity index (χ1n) is 7.77. The van der Waals surface area contributed by atoms with Crippen LogP contribution in [0.5, 0.6) is 0 Å². The lowest BCUT2D eigenvalue weighted by atomic mass is 9.83. The molecule has 0 heterocycles. The molecule has 0 radical (unpaired) electrons. The summed E-state index contributed by atoms with van der Waals surface area (Å²) in [4.78, 5) is 4.92. The molecule has 1 saturated carbocycles. The maximum absolute atomic E-state index is 6.09. The number of likely N-dealkylation sites (N-methyl/N-ethyl adjacent to an activating group) is 1. The molecule has 0 saturated heterocycles. The smallest absolute Gasteiger partial charge is 0.0247 e. The van der Waals surface area contributed by atoms with Gasteiger partial charge in [-0.25, -0.2) is 0 Å². The van der Waals surface area contributed by atoms with Gasteiger partial charge in [0.05, 0.1) is 0 Å². The molecule has 0 amide bonds. The van der Waals surface area contributed by atoms with E-state index < -0.39 is 0 Å². The van der Waals surface area contributed by atoms with Crippen molar-refractivity contribution in [1.82, 2.24) is 9.80 Å². The van der Waals surface area contributed by atoms with E-state index in [2.05, 4.69) is 30.8 Å². The summed E-state index contributed by atoms with van der Waals surface area (Å²) in [6.07, 6.45) is 8.27. The number of hydrogen-bond acceptors (Lipinski definition) is 3. The van der Waals surface area contributed by atoms with Crippen LogP contribution < -0.4 is 5.73 Å². The molecule has 1 unspecified atom stereocenters. The van der Waals surface area contributed by atoms with Crippen LogP contribution in [-0.2, 0) is 0 Å². The van der Waals surface area contributed by atoms with E-state index in [-0.39, 0.29) is 0 Å². The van der Waals surface area contributed by atoms with Gasteiger partial charge in [0.25, 0.3) is 0 Å². The molecule has 1 aliphatic rings. The van der Waals surface area contributed by atoms with Crippen molar-refractivity contribution in [3.05, 3.63) is 0 Å². The van der Waals surface area contributed by atoms with Crippen LogP contribution in [0.25, 0.3) is 0 Å². The van der Waals surface area contributed by atoms with Crippen LogP contribution in [0.1, 0.15) is 45.4 Å². The summed E-state index contributed by atoms with van der Waals surface area (Å²) in [7, 11) is 4.31. The van der Waals surface area contributed by atoms with Crippen LogP contribution in [0.15, 0.2) is 0 Å². The molecule has 3 nitrogen and oxygen atoms in total. The Bertz CT molecular complexity index is 200. The highest BCUT2D eigenvalue weighted by Crippen LogP contribution is 2.28. The van der Waals surface area contributed by atoms with Crippen molar-refractivity contribution in [2.75, 3.05) is 40.3 Å². The molecule has 1 aliphatic carbocycles. The van der Waals surface area contributed by atoms with E-state index in [1.54, 1.807) is 0 Å². The van der Waals surface area contributed by atoms with Gasteiger partial charge < -0.3 is 10.6 Å². The summed E-state index contributed by atoms with van der Waals surface area (Å²) < 4.78 is 0. The lowest BCUT2D eigenvalue weighted by Crippen LogP contribution is -2.48. The maximum atomic E-state index is 6.09. The molecule has 2 N–H and O–H groups in total. The summed E-state index contributed by atoms with van der Waals surface area (Å²) >= 11 is 0. The Hall–Kier alpha value is -0.120. The number of rotatable bonds is 8. The summed E-state index contributed by atoms with van der Waals surface area (Å²) in [5.41, 5.74) is 6.09. The molecule has 3 heteroatoms. The number of nitrogens with two attached hydrogens (primary N) is 1. The normalized spacial score (nSPS) is 19.7. The topological polar surface area (TPSA) is 32.5 Å². The van der Waals surface area contributed by atoms with Crippen LogP contribution >= 0.6 is 0 Å². The van der Waals surface area contributed by atoms with E-state index in [1.165, 1.54) is 51.6 Å². The SMILES string of the molecule is CCCN(CCN(C)C)C(CN)C1CCCCC1. The number of nitrogens with zero attached hydrogens (tertiary/aromatic N) is 2. The zero-order valence-electron chi connectivity index (χ0n) is 12.7. The quantitative estimate of drug-likeness (QED) is 0.721. The van der Waals surface area contributed by atoms with Crippen LogP contribution in [-0.4, -0.2) is 56.1 Å². The Labute approximate surface area is 114 Å². The van der Waals surface area contributed by atoms with Crippen molar-refractivity contribution >= 4 is 0 Å². The molecule has 0 spiro atoms. The molecule has 1 fully saturated rings. The summed E-state index contributed by atoms with van der Waals surface area (Å²) in [5.74, 6) is 0.845. The second kappa shape index (κ2) is 8.89. The van der Waals surface area contributed by atoms with Gasteiger partial charge in [-0.1, -0.05) is 26.2 Å².